The lowest BCUT2D eigenvalue weighted by molar-refractivity contribution is 0.590. The smallest absolute Gasteiger partial charge is 0.0723 e. The van der Waals surface area contributed by atoms with Crippen LogP contribution in [0.3, 0.4) is 0 Å². The van der Waals surface area contributed by atoms with Gasteiger partial charge in [-0.25, -0.2) is 0 Å². The molecule has 0 spiro atoms. The van der Waals surface area contributed by atoms with Gasteiger partial charge in [-0.1, -0.05) is 0 Å². The Kier molecular flexibility index (Phi) is 3.15. The van der Waals surface area contributed by atoms with Crippen molar-refractivity contribution in [2.45, 2.75) is 0 Å². The Morgan fingerprint density at radius 3 is 2.82 bits per heavy atom. The summed E-state index contributed by atoms with van der Waals surface area (Å²) in [5.74, 6) is 0. The van der Waals surface area contributed by atoms with Gasteiger partial charge in [0.25, 0.3) is 0 Å². The third-order valence-corrected chi connectivity index (χ3v) is 3.81. The Morgan fingerprint density at radius 2 is 2.00 bits per heavy atom. The first-order valence-electron chi connectivity index (χ1n) is 5.84. The fraction of sp³-hybridized carbons (Fsp3) is 0.308. The molecule has 0 radical (unpaired) electrons. The standard InChI is InChI=1S/C13H14IN3/c14-10-1-2-12-11(9-10)13(3-4-16-12)17-7-5-15-6-8-17/h1-4,9,15H,5-8H2. The molecule has 1 aromatic heterocycles. The number of rotatable bonds is 1. The lowest BCUT2D eigenvalue weighted by Crippen LogP contribution is -2.43. The van der Waals surface area contributed by atoms with Crippen LogP contribution in [0.25, 0.3) is 10.9 Å². The normalized spacial score (nSPS) is 16.4. The number of benzene rings is 1. The fourth-order valence-electron chi connectivity index (χ4n) is 2.29. The monoisotopic (exact) mass is 339 g/mol. The molecule has 1 aliphatic heterocycles. The SMILES string of the molecule is Ic1ccc2nccc(N3CCNCC3)c2c1. The topological polar surface area (TPSA) is 28.2 Å². The van der Waals surface area contributed by atoms with Gasteiger partial charge in [0.2, 0.25) is 0 Å². The zero-order valence-corrected chi connectivity index (χ0v) is 11.6. The maximum atomic E-state index is 4.43. The van der Waals surface area contributed by atoms with Gasteiger partial charge >= 0.3 is 0 Å². The van der Waals surface area contributed by atoms with Crippen molar-refractivity contribution in [3.8, 4) is 0 Å². The van der Waals surface area contributed by atoms with E-state index in [1.54, 1.807) is 0 Å². The summed E-state index contributed by atoms with van der Waals surface area (Å²) in [5.41, 5.74) is 2.40. The molecular formula is C13H14IN3. The van der Waals surface area contributed by atoms with E-state index in [-0.39, 0.29) is 0 Å². The highest BCUT2D eigenvalue weighted by molar-refractivity contribution is 14.1. The molecule has 3 nitrogen and oxygen atoms in total. The second-order valence-corrected chi connectivity index (χ2v) is 5.47. The third kappa shape index (κ3) is 2.24. The van der Waals surface area contributed by atoms with Gasteiger partial charge in [-0.2, -0.15) is 0 Å². The van der Waals surface area contributed by atoms with Crippen molar-refractivity contribution in [3.63, 3.8) is 0 Å². The highest BCUT2D eigenvalue weighted by Crippen LogP contribution is 2.26. The van der Waals surface area contributed by atoms with Crippen molar-refractivity contribution in [3.05, 3.63) is 34.0 Å². The van der Waals surface area contributed by atoms with Crippen LogP contribution in [0.4, 0.5) is 5.69 Å². The van der Waals surface area contributed by atoms with Crippen molar-refractivity contribution < 1.29 is 0 Å². The molecule has 0 bridgehead atoms. The molecule has 88 valence electrons. The summed E-state index contributed by atoms with van der Waals surface area (Å²) in [5, 5.41) is 4.65. The molecule has 0 amide bonds. The van der Waals surface area contributed by atoms with Crippen LogP contribution in [0.1, 0.15) is 0 Å². The summed E-state index contributed by atoms with van der Waals surface area (Å²) in [6.07, 6.45) is 1.91. The van der Waals surface area contributed by atoms with Crippen LogP contribution >= 0.6 is 22.6 Å². The first kappa shape index (κ1) is 11.2. The van der Waals surface area contributed by atoms with E-state index in [2.05, 4.69) is 62.1 Å². The van der Waals surface area contributed by atoms with E-state index < -0.39 is 0 Å². The van der Waals surface area contributed by atoms with Crippen molar-refractivity contribution in [1.82, 2.24) is 10.3 Å². The van der Waals surface area contributed by atoms with Crippen molar-refractivity contribution in [2.24, 2.45) is 0 Å². The van der Waals surface area contributed by atoms with E-state index in [1.165, 1.54) is 14.6 Å². The number of nitrogens with zero attached hydrogens (tertiary/aromatic N) is 2. The van der Waals surface area contributed by atoms with E-state index in [9.17, 15) is 0 Å². The first-order chi connectivity index (χ1) is 8.34. The van der Waals surface area contributed by atoms with Gasteiger partial charge in [-0.15, -0.1) is 0 Å². The minimum absolute atomic E-state index is 1.06. The summed E-state index contributed by atoms with van der Waals surface area (Å²) in [7, 11) is 0. The number of hydrogen-bond acceptors (Lipinski definition) is 3. The van der Waals surface area contributed by atoms with E-state index >= 15 is 0 Å². The number of nitrogens with one attached hydrogen (secondary N) is 1. The molecule has 1 saturated heterocycles. The minimum atomic E-state index is 1.06. The number of piperazine rings is 1. The summed E-state index contributed by atoms with van der Waals surface area (Å²) in [6.45, 7) is 4.27. The second-order valence-electron chi connectivity index (χ2n) is 4.23. The van der Waals surface area contributed by atoms with Gasteiger partial charge in [0, 0.05) is 47.0 Å². The zero-order valence-electron chi connectivity index (χ0n) is 9.49. The van der Waals surface area contributed by atoms with E-state index in [1.807, 2.05) is 6.20 Å². The molecule has 1 N–H and O–H groups in total. The quantitative estimate of drug-likeness (QED) is 0.808. The number of pyridine rings is 1. The average Bonchev–Trinajstić information content (AvgIpc) is 2.39. The van der Waals surface area contributed by atoms with Gasteiger partial charge < -0.3 is 10.2 Å². The lowest BCUT2D eigenvalue weighted by atomic mass is 10.1. The highest BCUT2D eigenvalue weighted by atomic mass is 127. The molecule has 1 aliphatic rings. The predicted molar refractivity (Wildman–Crippen MR) is 79.5 cm³/mol. The molecule has 0 atom stereocenters. The molecule has 0 saturated carbocycles. The largest absolute Gasteiger partial charge is 0.368 e. The maximum absolute atomic E-state index is 4.43. The summed E-state index contributed by atoms with van der Waals surface area (Å²) >= 11 is 2.36. The summed E-state index contributed by atoms with van der Waals surface area (Å²) in [6, 6.07) is 8.56. The molecule has 1 aromatic carbocycles. The highest BCUT2D eigenvalue weighted by Gasteiger charge is 2.13. The van der Waals surface area contributed by atoms with Gasteiger partial charge in [0.15, 0.2) is 0 Å². The van der Waals surface area contributed by atoms with Gasteiger partial charge in [0.05, 0.1) is 5.52 Å². The fourth-order valence-corrected chi connectivity index (χ4v) is 2.78. The molecule has 3 rings (SSSR count). The molecule has 2 heterocycles. The Balaban J connectivity index is 2.11. The molecule has 0 aliphatic carbocycles. The molecule has 17 heavy (non-hydrogen) atoms. The summed E-state index contributed by atoms with van der Waals surface area (Å²) < 4.78 is 1.26. The number of halogens is 1. The van der Waals surface area contributed by atoms with E-state index in [0.717, 1.165) is 31.7 Å². The average molecular weight is 339 g/mol. The lowest BCUT2D eigenvalue weighted by Gasteiger charge is -2.30. The number of anilines is 1. The van der Waals surface area contributed by atoms with Gasteiger partial charge in [-0.3, -0.25) is 4.98 Å². The van der Waals surface area contributed by atoms with Crippen LogP contribution in [0.15, 0.2) is 30.5 Å². The van der Waals surface area contributed by atoms with Crippen LogP contribution in [0, 0.1) is 3.57 Å². The molecule has 2 aromatic rings. The van der Waals surface area contributed by atoms with Gasteiger partial charge in [0.1, 0.15) is 0 Å². The summed E-state index contributed by atoms with van der Waals surface area (Å²) in [4.78, 5) is 6.87. The Labute approximate surface area is 114 Å². The first-order valence-corrected chi connectivity index (χ1v) is 6.92. The Morgan fingerprint density at radius 1 is 1.18 bits per heavy atom. The van der Waals surface area contributed by atoms with Crippen LogP contribution in [-0.2, 0) is 0 Å². The minimum Gasteiger partial charge on any atom is -0.368 e. The number of fused-ring (bicyclic) bond motifs is 1. The maximum Gasteiger partial charge on any atom is 0.0723 e. The van der Waals surface area contributed by atoms with Gasteiger partial charge in [-0.05, 0) is 46.9 Å². The predicted octanol–water partition coefficient (Wildman–Crippen LogP) is 2.25. The van der Waals surface area contributed by atoms with Crippen molar-refractivity contribution >= 4 is 39.2 Å². The van der Waals surface area contributed by atoms with Crippen LogP contribution in [-0.4, -0.2) is 31.2 Å². The van der Waals surface area contributed by atoms with Crippen molar-refractivity contribution in [1.29, 1.82) is 0 Å². The van der Waals surface area contributed by atoms with Crippen LogP contribution in [0.5, 0.6) is 0 Å². The number of hydrogen-bond donors (Lipinski definition) is 1. The van der Waals surface area contributed by atoms with Crippen molar-refractivity contribution in [2.75, 3.05) is 31.1 Å². The number of aromatic nitrogens is 1. The van der Waals surface area contributed by atoms with Crippen LogP contribution in [0.2, 0.25) is 0 Å². The molecule has 4 heteroatoms. The van der Waals surface area contributed by atoms with Crippen LogP contribution < -0.4 is 10.2 Å². The second kappa shape index (κ2) is 4.78. The van der Waals surface area contributed by atoms with E-state index in [4.69, 9.17) is 0 Å². The Hall–Kier alpha value is -0.880. The third-order valence-electron chi connectivity index (χ3n) is 3.14. The molecule has 0 unspecified atom stereocenters. The zero-order chi connectivity index (χ0) is 11.7. The molecular weight excluding hydrogens is 325 g/mol. The Bertz CT molecular complexity index is 535. The molecule has 1 fully saturated rings. The van der Waals surface area contributed by atoms with E-state index in [0.29, 0.717) is 0 Å².